The van der Waals surface area contributed by atoms with E-state index in [4.69, 9.17) is 9.57 Å². The van der Waals surface area contributed by atoms with Crippen molar-refractivity contribution >= 4 is 17.4 Å². The molecule has 0 bridgehead atoms. The molecule has 3 rings (SSSR count). The van der Waals surface area contributed by atoms with E-state index in [9.17, 15) is 4.79 Å². The Morgan fingerprint density at radius 1 is 1.38 bits per heavy atom. The predicted molar refractivity (Wildman–Crippen MR) is 90.2 cm³/mol. The highest BCUT2D eigenvalue weighted by Gasteiger charge is 2.42. The molecular formula is C17H20N4O3. The van der Waals surface area contributed by atoms with Crippen molar-refractivity contribution in [1.82, 2.24) is 9.78 Å². The van der Waals surface area contributed by atoms with Crippen LogP contribution in [0.5, 0.6) is 5.75 Å². The van der Waals surface area contributed by atoms with Gasteiger partial charge in [-0.25, -0.2) is 0 Å². The summed E-state index contributed by atoms with van der Waals surface area (Å²) in [6.45, 7) is 3.60. The van der Waals surface area contributed by atoms with Crippen molar-refractivity contribution in [2.24, 2.45) is 12.2 Å². The first kappa shape index (κ1) is 16.0. The van der Waals surface area contributed by atoms with Gasteiger partial charge in [0.15, 0.2) is 0 Å². The molecule has 0 saturated carbocycles. The van der Waals surface area contributed by atoms with Crippen LogP contribution in [0.15, 0.2) is 35.5 Å². The van der Waals surface area contributed by atoms with Crippen molar-refractivity contribution in [3.8, 4) is 5.75 Å². The third-order valence-corrected chi connectivity index (χ3v) is 4.01. The fourth-order valence-corrected chi connectivity index (χ4v) is 2.58. The summed E-state index contributed by atoms with van der Waals surface area (Å²) in [5.41, 5.74) is 1.42. The van der Waals surface area contributed by atoms with Crippen LogP contribution in [-0.2, 0) is 16.7 Å². The second-order valence-corrected chi connectivity index (χ2v) is 6.01. The Bertz CT molecular complexity index is 795. The summed E-state index contributed by atoms with van der Waals surface area (Å²) in [6.07, 6.45) is 0.391. The molecule has 0 fully saturated rings. The van der Waals surface area contributed by atoms with E-state index >= 15 is 0 Å². The maximum atomic E-state index is 12.6. The molecule has 1 amide bonds. The number of carbonyl (C=O) groups is 1. The van der Waals surface area contributed by atoms with Gasteiger partial charge in [0.1, 0.15) is 11.6 Å². The third kappa shape index (κ3) is 2.97. The van der Waals surface area contributed by atoms with E-state index < -0.39 is 5.60 Å². The summed E-state index contributed by atoms with van der Waals surface area (Å²) in [5, 5.41) is 11.2. The fraction of sp³-hybridized carbons (Fsp3) is 0.353. The average molecular weight is 328 g/mol. The fourth-order valence-electron chi connectivity index (χ4n) is 2.58. The molecule has 1 aromatic heterocycles. The first-order valence-electron chi connectivity index (χ1n) is 7.63. The van der Waals surface area contributed by atoms with Gasteiger partial charge in [-0.15, -0.1) is 0 Å². The van der Waals surface area contributed by atoms with Gasteiger partial charge in [-0.2, -0.15) is 5.10 Å². The summed E-state index contributed by atoms with van der Waals surface area (Å²) in [6, 6.07) is 9.31. The van der Waals surface area contributed by atoms with Crippen LogP contribution in [-0.4, -0.2) is 34.1 Å². The molecule has 7 nitrogen and oxygen atoms in total. The van der Waals surface area contributed by atoms with Crippen LogP contribution < -0.4 is 10.1 Å². The van der Waals surface area contributed by atoms with Crippen LogP contribution in [0.4, 0.5) is 5.82 Å². The van der Waals surface area contributed by atoms with Gasteiger partial charge in [0.25, 0.3) is 5.91 Å². The number of rotatable bonds is 4. The van der Waals surface area contributed by atoms with Crippen molar-refractivity contribution in [3.63, 3.8) is 0 Å². The zero-order chi connectivity index (χ0) is 17.3. The van der Waals surface area contributed by atoms with E-state index in [1.807, 2.05) is 31.2 Å². The number of nitrogens with zero attached hydrogens (tertiary/aromatic N) is 3. The van der Waals surface area contributed by atoms with Gasteiger partial charge in [-0.05, 0) is 43.7 Å². The largest absolute Gasteiger partial charge is 0.497 e. The molecule has 1 unspecified atom stereocenters. The maximum Gasteiger partial charge on any atom is 0.272 e. The van der Waals surface area contributed by atoms with E-state index in [1.165, 1.54) is 0 Å². The summed E-state index contributed by atoms with van der Waals surface area (Å²) in [7, 11) is 3.40. The highest BCUT2D eigenvalue weighted by molar-refractivity contribution is 6.07. The molecule has 0 radical (unpaired) electrons. The lowest BCUT2D eigenvalue weighted by Gasteiger charge is -2.20. The second-order valence-electron chi connectivity index (χ2n) is 6.01. The molecule has 0 spiro atoms. The van der Waals surface area contributed by atoms with E-state index in [2.05, 4.69) is 15.6 Å². The van der Waals surface area contributed by atoms with Gasteiger partial charge in [0.2, 0.25) is 5.60 Å². The lowest BCUT2D eigenvalue weighted by molar-refractivity contribution is -0.136. The van der Waals surface area contributed by atoms with Crippen LogP contribution in [0.1, 0.15) is 24.6 Å². The summed E-state index contributed by atoms with van der Waals surface area (Å²) >= 11 is 0. The number of carbonyl (C=O) groups excluding carboxylic acids is 1. The quantitative estimate of drug-likeness (QED) is 0.934. The molecule has 24 heavy (non-hydrogen) atoms. The Morgan fingerprint density at radius 2 is 2.08 bits per heavy atom. The van der Waals surface area contributed by atoms with Gasteiger partial charge >= 0.3 is 0 Å². The van der Waals surface area contributed by atoms with Crippen molar-refractivity contribution in [3.05, 3.63) is 41.6 Å². The van der Waals surface area contributed by atoms with E-state index in [-0.39, 0.29) is 5.91 Å². The summed E-state index contributed by atoms with van der Waals surface area (Å²) < 4.78 is 6.77. The van der Waals surface area contributed by atoms with Crippen molar-refractivity contribution in [1.29, 1.82) is 0 Å². The molecule has 0 saturated heterocycles. The molecular weight excluding hydrogens is 308 g/mol. The Hall–Kier alpha value is -2.83. The van der Waals surface area contributed by atoms with Crippen LogP contribution >= 0.6 is 0 Å². The van der Waals surface area contributed by atoms with Crippen molar-refractivity contribution in [2.75, 3.05) is 12.4 Å². The lowest BCUT2D eigenvalue weighted by atomic mass is 9.95. The van der Waals surface area contributed by atoms with Gasteiger partial charge in [0.05, 0.1) is 18.5 Å². The van der Waals surface area contributed by atoms with E-state index in [1.54, 1.807) is 31.8 Å². The number of benzene rings is 1. The van der Waals surface area contributed by atoms with Gasteiger partial charge in [0, 0.05) is 19.5 Å². The van der Waals surface area contributed by atoms with Gasteiger partial charge in [-0.1, -0.05) is 5.16 Å². The number of methoxy groups -OCH3 is 1. The normalized spacial score (nSPS) is 19.6. The van der Waals surface area contributed by atoms with Gasteiger partial charge < -0.3 is 14.9 Å². The molecule has 2 aromatic rings. The third-order valence-electron chi connectivity index (χ3n) is 4.01. The predicted octanol–water partition coefficient (Wildman–Crippen LogP) is 2.26. The number of aryl methyl sites for hydroxylation is 2. The molecule has 1 aliphatic heterocycles. The average Bonchev–Trinajstić information content (AvgIpc) is 3.11. The highest BCUT2D eigenvalue weighted by atomic mass is 16.7. The number of hydrogen-bond donors (Lipinski definition) is 1. The first-order chi connectivity index (χ1) is 11.4. The number of oxime groups is 1. The van der Waals surface area contributed by atoms with Crippen LogP contribution in [0, 0.1) is 6.92 Å². The standard InChI is InChI=1S/C17H20N4O3/c1-11-9-15(21(3)19-11)18-16(22)17(2)10-14(20-24-17)12-5-7-13(23-4)8-6-12/h5-9H,10H2,1-4H3,(H,18,22). The number of nitrogens with one attached hydrogen (secondary N) is 1. The number of aromatic nitrogens is 2. The minimum absolute atomic E-state index is 0.252. The summed E-state index contributed by atoms with van der Waals surface area (Å²) in [5.74, 6) is 1.14. The van der Waals surface area contributed by atoms with Crippen molar-refractivity contribution < 1.29 is 14.4 Å². The zero-order valence-electron chi connectivity index (χ0n) is 14.2. The minimum Gasteiger partial charge on any atom is -0.497 e. The SMILES string of the molecule is COc1ccc(C2=NOC(C)(C(=O)Nc3cc(C)nn3C)C2)cc1. The molecule has 2 heterocycles. The number of hydrogen-bond acceptors (Lipinski definition) is 5. The van der Waals surface area contributed by atoms with Crippen LogP contribution in [0.3, 0.4) is 0 Å². The number of amides is 1. The molecule has 1 N–H and O–H groups in total. The van der Waals surface area contributed by atoms with Crippen LogP contribution in [0.25, 0.3) is 0 Å². The van der Waals surface area contributed by atoms with Crippen LogP contribution in [0.2, 0.25) is 0 Å². The molecule has 1 aliphatic rings. The van der Waals surface area contributed by atoms with Crippen molar-refractivity contribution in [2.45, 2.75) is 25.9 Å². The molecule has 126 valence electrons. The minimum atomic E-state index is -1.05. The topological polar surface area (TPSA) is 77.7 Å². The Kier molecular flexibility index (Phi) is 4.01. The Labute approximate surface area is 140 Å². The Balaban J connectivity index is 1.71. The smallest absolute Gasteiger partial charge is 0.272 e. The molecule has 1 aromatic carbocycles. The van der Waals surface area contributed by atoms with E-state index in [0.29, 0.717) is 12.2 Å². The molecule has 0 aliphatic carbocycles. The number of anilines is 1. The van der Waals surface area contributed by atoms with Gasteiger partial charge in [-0.3, -0.25) is 9.48 Å². The molecule has 1 atom stereocenters. The lowest BCUT2D eigenvalue weighted by Crippen LogP contribution is -2.40. The zero-order valence-corrected chi connectivity index (χ0v) is 14.2. The maximum absolute atomic E-state index is 12.6. The first-order valence-corrected chi connectivity index (χ1v) is 7.63. The number of ether oxygens (including phenoxy) is 1. The Morgan fingerprint density at radius 3 is 2.67 bits per heavy atom. The summed E-state index contributed by atoms with van der Waals surface area (Å²) in [4.78, 5) is 18.1. The highest BCUT2D eigenvalue weighted by Crippen LogP contribution is 2.28. The monoisotopic (exact) mass is 328 g/mol. The second kappa shape index (κ2) is 5.99. The van der Waals surface area contributed by atoms with E-state index in [0.717, 1.165) is 22.7 Å². The molecule has 7 heteroatoms.